The van der Waals surface area contributed by atoms with Crippen LogP contribution in [0.4, 0.5) is 0 Å². The molecule has 2 unspecified atom stereocenters. The summed E-state index contributed by atoms with van der Waals surface area (Å²) in [6.07, 6.45) is 61.0. The van der Waals surface area contributed by atoms with Crippen LogP contribution in [0.15, 0.2) is 0 Å². The van der Waals surface area contributed by atoms with E-state index in [9.17, 15) is 43.2 Å². The number of phosphoric acid groups is 2. The number of unbranched alkanes of at least 4 members (excludes halogenated alkanes) is 50. The molecule has 0 saturated carbocycles. The average Bonchev–Trinajstić information content (AvgIpc) is 1.52. The van der Waals surface area contributed by atoms with E-state index < -0.39 is 97.5 Å². The molecule has 19 heteroatoms. The van der Waals surface area contributed by atoms with Gasteiger partial charge in [-0.3, -0.25) is 37.3 Å². The molecule has 3 N–H and O–H groups in total. The molecule has 0 radical (unpaired) electrons. The summed E-state index contributed by atoms with van der Waals surface area (Å²) in [5.41, 5.74) is 0. The first-order chi connectivity index (χ1) is 47.0. The van der Waals surface area contributed by atoms with E-state index in [0.29, 0.717) is 25.7 Å². The summed E-state index contributed by atoms with van der Waals surface area (Å²) < 4.78 is 68.6. The number of ether oxygens (including phenoxy) is 4. The van der Waals surface area contributed by atoms with Gasteiger partial charge in [-0.1, -0.05) is 362 Å². The minimum Gasteiger partial charge on any atom is -0.462 e. The van der Waals surface area contributed by atoms with Crippen LogP contribution in [0.1, 0.15) is 413 Å². The number of hydrogen-bond acceptors (Lipinski definition) is 15. The summed E-state index contributed by atoms with van der Waals surface area (Å²) in [4.78, 5) is 72.8. The average molecular weight is 1420 g/mol. The lowest BCUT2D eigenvalue weighted by molar-refractivity contribution is -0.161. The van der Waals surface area contributed by atoms with Crippen LogP contribution in [-0.2, 0) is 65.4 Å². The van der Waals surface area contributed by atoms with Crippen molar-refractivity contribution in [1.29, 1.82) is 0 Å². The van der Waals surface area contributed by atoms with Crippen LogP contribution in [0.3, 0.4) is 0 Å². The Labute approximate surface area is 594 Å². The maximum Gasteiger partial charge on any atom is 0.472 e. The number of hydrogen-bond donors (Lipinski definition) is 3. The molecule has 0 spiro atoms. The first-order valence-corrected chi connectivity index (χ1v) is 43.6. The molecule has 0 fully saturated rings. The topological polar surface area (TPSA) is 237 Å². The summed E-state index contributed by atoms with van der Waals surface area (Å²) in [7, 11) is -9.91. The lowest BCUT2D eigenvalue weighted by Crippen LogP contribution is -2.30. The fourth-order valence-electron chi connectivity index (χ4n) is 12.1. The van der Waals surface area contributed by atoms with Crippen molar-refractivity contribution < 1.29 is 80.2 Å². The molecule has 0 aliphatic carbocycles. The van der Waals surface area contributed by atoms with Crippen LogP contribution in [0.25, 0.3) is 0 Å². The summed E-state index contributed by atoms with van der Waals surface area (Å²) in [6, 6.07) is 0. The van der Waals surface area contributed by atoms with Gasteiger partial charge in [-0.05, 0) is 31.6 Å². The van der Waals surface area contributed by atoms with Gasteiger partial charge in [0.25, 0.3) is 0 Å². The predicted molar refractivity (Wildman–Crippen MR) is 395 cm³/mol. The lowest BCUT2D eigenvalue weighted by Gasteiger charge is -2.21. The standard InChI is InChI=1S/C78H152O17P2/c1-6-9-12-15-18-21-23-25-26-27-31-34-38-42-47-52-57-62-76(81)89-68-74(95-78(83)64-59-54-49-44-39-35-32-29-28-30-33-36-41-45-50-55-60-71(4)5)70-93-97(86,87)91-66-72(79)65-90-96(84,85)92-69-73(67-88-75(80)61-56-51-46-40-20-17-14-11-8-3)94-77(82)63-58-53-48-43-37-24-22-19-16-13-10-7-2/h71-74,79H,6-70H2,1-5H3,(H,84,85)(H,86,87)/t72-,73+,74+/m0/s1. The molecule has 97 heavy (non-hydrogen) atoms. The molecule has 0 aromatic heterocycles. The van der Waals surface area contributed by atoms with Crippen molar-refractivity contribution in [3.8, 4) is 0 Å². The third-order valence-corrected chi connectivity index (χ3v) is 20.2. The molecule has 0 bridgehead atoms. The number of aliphatic hydroxyl groups excluding tert-OH is 1. The van der Waals surface area contributed by atoms with E-state index in [4.69, 9.17) is 37.0 Å². The van der Waals surface area contributed by atoms with Crippen molar-refractivity contribution in [1.82, 2.24) is 0 Å². The summed E-state index contributed by atoms with van der Waals surface area (Å²) in [5, 5.41) is 10.6. The van der Waals surface area contributed by atoms with E-state index in [2.05, 4.69) is 34.6 Å². The highest BCUT2D eigenvalue weighted by Crippen LogP contribution is 2.45. The van der Waals surface area contributed by atoms with E-state index >= 15 is 0 Å². The van der Waals surface area contributed by atoms with Gasteiger partial charge in [0.2, 0.25) is 0 Å². The van der Waals surface area contributed by atoms with Gasteiger partial charge in [-0.2, -0.15) is 0 Å². The molecule has 5 atom stereocenters. The third kappa shape index (κ3) is 72.2. The minimum absolute atomic E-state index is 0.108. The van der Waals surface area contributed by atoms with E-state index in [1.54, 1.807) is 0 Å². The maximum absolute atomic E-state index is 13.1. The lowest BCUT2D eigenvalue weighted by atomic mass is 10.0. The monoisotopic (exact) mass is 1420 g/mol. The van der Waals surface area contributed by atoms with E-state index in [1.165, 1.54) is 238 Å². The molecule has 0 heterocycles. The van der Waals surface area contributed by atoms with Crippen LogP contribution < -0.4 is 0 Å². The van der Waals surface area contributed by atoms with Crippen LogP contribution in [-0.4, -0.2) is 96.7 Å². The van der Waals surface area contributed by atoms with Crippen molar-refractivity contribution in [2.75, 3.05) is 39.6 Å². The number of carbonyl (C=O) groups excluding carboxylic acids is 4. The number of aliphatic hydroxyl groups is 1. The molecule has 576 valence electrons. The Morgan fingerprint density at radius 1 is 0.278 bits per heavy atom. The van der Waals surface area contributed by atoms with Gasteiger partial charge in [0, 0.05) is 25.7 Å². The molecular formula is C78H152O17P2. The molecule has 0 saturated heterocycles. The zero-order valence-corrected chi connectivity index (χ0v) is 65.0. The molecule has 17 nitrogen and oxygen atoms in total. The molecule has 0 aliphatic heterocycles. The zero-order chi connectivity index (χ0) is 71.2. The van der Waals surface area contributed by atoms with Crippen molar-refractivity contribution >= 4 is 39.5 Å². The van der Waals surface area contributed by atoms with Crippen molar-refractivity contribution in [3.63, 3.8) is 0 Å². The van der Waals surface area contributed by atoms with Gasteiger partial charge in [-0.25, -0.2) is 9.13 Å². The molecule has 0 rings (SSSR count). The first-order valence-electron chi connectivity index (χ1n) is 40.6. The van der Waals surface area contributed by atoms with Crippen LogP contribution in [0.2, 0.25) is 0 Å². The quantitative estimate of drug-likeness (QED) is 0.0222. The van der Waals surface area contributed by atoms with E-state index in [-0.39, 0.29) is 25.7 Å². The Kier molecular flexibility index (Phi) is 69.6. The fourth-order valence-corrected chi connectivity index (χ4v) is 13.6. The second kappa shape index (κ2) is 71.1. The smallest absolute Gasteiger partial charge is 0.462 e. The van der Waals surface area contributed by atoms with Crippen molar-refractivity contribution in [3.05, 3.63) is 0 Å². The van der Waals surface area contributed by atoms with Gasteiger partial charge < -0.3 is 33.8 Å². The van der Waals surface area contributed by atoms with Crippen LogP contribution >= 0.6 is 15.6 Å². The predicted octanol–water partition coefficient (Wildman–Crippen LogP) is 23.3. The summed E-state index contributed by atoms with van der Waals surface area (Å²) in [6.45, 7) is 7.33. The van der Waals surface area contributed by atoms with Gasteiger partial charge in [0.1, 0.15) is 19.3 Å². The Balaban J connectivity index is 5.21. The Morgan fingerprint density at radius 2 is 0.474 bits per heavy atom. The van der Waals surface area contributed by atoms with Crippen molar-refractivity contribution in [2.45, 2.75) is 432 Å². The third-order valence-electron chi connectivity index (χ3n) is 18.3. The Hall–Kier alpha value is -1.94. The van der Waals surface area contributed by atoms with Crippen molar-refractivity contribution in [2.24, 2.45) is 5.92 Å². The molecule has 0 aliphatic rings. The number of phosphoric ester groups is 2. The second-order valence-electron chi connectivity index (χ2n) is 28.6. The van der Waals surface area contributed by atoms with Crippen LogP contribution in [0.5, 0.6) is 0 Å². The highest BCUT2D eigenvalue weighted by atomic mass is 31.2. The number of esters is 4. The van der Waals surface area contributed by atoms with Gasteiger partial charge in [0.15, 0.2) is 12.2 Å². The molecule has 0 aromatic carbocycles. The highest BCUT2D eigenvalue weighted by Gasteiger charge is 2.30. The Bertz CT molecular complexity index is 1860. The maximum atomic E-state index is 13.1. The van der Waals surface area contributed by atoms with E-state index in [1.807, 2.05) is 0 Å². The highest BCUT2D eigenvalue weighted by molar-refractivity contribution is 7.47. The SMILES string of the molecule is CCCCCCCCCCCCCCCCCCCC(=O)OC[C@H](COP(=O)(O)OC[C@@H](O)COP(=O)(O)OC[C@@H](COC(=O)CCCCCCCCCCC)OC(=O)CCCCCCCCCCCCCC)OC(=O)CCCCCCCCCCCCCCCCCCC(C)C. The number of rotatable bonds is 78. The molecular weight excluding hydrogens is 1270 g/mol. The largest absolute Gasteiger partial charge is 0.472 e. The molecule has 0 amide bonds. The Morgan fingerprint density at radius 3 is 0.701 bits per heavy atom. The summed E-state index contributed by atoms with van der Waals surface area (Å²) in [5.74, 6) is -1.30. The van der Waals surface area contributed by atoms with Gasteiger partial charge in [0.05, 0.1) is 26.4 Å². The zero-order valence-electron chi connectivity index (χ0n) is 63.2. The molecule has 0 aromatic rings. The van der Waals surface area contributed by atoms with Crippen LogP contribution in [0, 0.1) is 5.92 Å². The first kappa shape index (κ1) is 95.1. The van der Waals surface area contributed by atoms with E-state index in [0.717, 1.165) is 95.8 Å². The van der Waals surface area contributed by atoms with Gasteiger partial charge >= 0.3 is 39.5 Å². The fraction of sp³-hybridized carbons (Fsp3) is 0.949. The summed E-state index contributed by atoms with van der Waals surface area (Å²) >= 11 is 0. The number of carbonyl (C=O) groups is 4. The minimum atomic E-state index is -4.96. The second-order valence-corrected chi connectivity index (χ2v) is 31.5. The normalized spacial score (nSPS) is 13.9. The van der Waals surface area contributed by atoms with Gasteiger partial charge in [-0.15, -0.1) is 0 Å².